The number of alkyl halides is 3. The minimum absolute atomic E-state index is 0.0653. The van der Waals surface area contributed by atoms with Crippen molar-refractivity contribution < 1.29 is 28.3 Å². The van der Waals surface area contributed by atoms with E-state index < -0.39 is 23.6 Å². The van der Waals surface area contributed by atoms with Crippen LogP contribution in [0.2, 0.25) is 0 Å². The predicted octanol–water partition coefficient (Wildman–Crippen LogP) is 5.27. The molecule has 1 fully saturated rings. The molecule has 0 aliphatic heterocycles. The number of nitrogens with two attached hydrogens (primary N) is 2. The normalized spacial score (nSPS) is 14.6. The van der Waals surface area contributed by atoms with Crippen LogP contribution in [-0.4, -0.2) is 17.8 Å². The van der Waals surface area contributed by atoms with E-state index in [2.05, 4.69) is 10.1 Å². The van der Waals surface area contributed by atoms with Crippen molar-refractivity contribution in [1.29, 1.82) is 0 Å². The molecule has 0 bridgehead atoms. The lowest BCUT2D eigenvalue weighted by Gasteiger charge is -2.26. The smallest absolute Gasteiger partial charge is 0.363 e. The van der Waals surface area contributed by atoms with Crippen LogP contribution in [0.5, 0.6) is 0 Å². The quantitative estimate of drug-likeness (QED) is 0.254. The molecular formula is C29H29F3N5O2+. The first-order valence-corrected chi connectivity index (χ1v) is 12.6. The summed E-state index contributed by atoms with van der Waals surface area (Å²) in [5.74, 6) is -1.11. The van der Waals surface area contributed by atoms with Gasteiger partial charge in [-0.15, -0.1) is 5.53 Å². The van der Waals surface area contributed by atoms with Crippen molar-refractivity contribution in [2.45, 2.75) is 50.7 Å². The molecule has 0 unspecified atom stereocenters. The van der Waals surface area contributed by atoms with Gasteiger partial charge in [-0.25, -0.2) is 0 Å². The first-order valence-electron chi connectivity index (χ1n) is 12.6. The van der Waals surface area contributed by atoms with Crippen LogP contribution < -0.4 is 16.2 Å². The topological polar surface area (TPSA) is 114 Å². The van der Waals surface area contributed by atoms with E-state index in [0.29, 0.717) is 17.2 Å². The molecule has 2 amide bonds. The number of hydrogen-bond acceptors (Lipinski definition) is 2. The summed E-state index contributed by atoms with van der Waals surface area (Å²) in [5, 5.41) is 3.14. The maximum Gasteiger partial charge on any atom is 0.416 e. The molecule has 39 heavy (non-hydrogen) atoms. The number of halogens is 3. The lowest BCUT2D eigenvalue weighted by Crippen LogP contribution is -2.31. The van der Waals surface area contributed by atoms with Crippen LogP contribution >= 0.6 is 0 Å². The summed E-state index contributed by atoms with van der Waals surface area (Å²) >= 11 is 0. The molecule has 0 aromatic heterocycles. The second-order valence-corrected chi connectivity index (χ2v) is 9.50. The number of benzene rings is 3. The van der Waals surface area contributed by atoms with Crippen molar-refractivity contribution in [2.24, 2.45) is 15.8 Å². The van der Waals surface area contributed by atoms with Gasteiger partial charge in [-0.1, -0.05) is 49.6 Å². The van der Waals surface area contributed by atoms with E-state index in [4.69, 9.17) is 11.3 Å². The van der Waals surface area contributed by atoms with E-state index in [0.717, 1.165) is 25.0 Å². The fraction of sp³-hybridized carbons (Fsp3) is 0.276. The van der Waals surface area contributed by atoms with Gasteiger partial charge in [0.05, 0.1) is 12.1 Å². The van der Waals surface area contributed by atoms with Gasteiger partial charge in [0.25, 0.3) is 17.8 Å². The second kappa shape index (κ2) is 12.0. The second-order valence-electron chi connectivity index (χ2n) is 9.50. The molecule has 7 nitrogen and oxygen atoms in total. The summed E-state index contributed by atoms with van der Waals surface area (Å²) in [5.41, 5.74) is 12.1. The van der Waals surface area contributed by atoms with E-state index in [1.807, 2.05) is 24.3 Å². The van der Waals surface area contributed by atoms with E-state index in [1.165, 1.54) is 54.0 Å². The Morgan fingerprint density at radius 2 is 1.59 bits per heavy atom. The van der Waals surface area contributed by atoms with Crippen molar-refractivity contribution >= 4 is 23.5 Å². The number of rotatable bonds is 6. The average Bonchev–Trinajstić information content (AvgIpc) is 2.96. The van der Waals surface area contributed by atoms with Crippen LogP contribution in [0.25, 0.3) is 0 Å². The average molecular weight is 537 g/mol. The Balaban J connectivity index is 1.64. The molecule has 3 aromatic rings. The Kier molecular flexibility index (Phi) is 8.53. The minimum Gasteiger partial charge on any atom is -0.363 e. The first-order chi connectivity index (χ1) is 18.7. The van der Waals surface area contributed by atoms with Crippen molar-refractivity contribution in [3.8, 4) is 0 Å². The molecule has 1 saturated carbocycles. The van der Waals surface area contributed by atoms with Gasteiger partial charge in [0.2, 0.25) is 0 Å². The van der Waals surface area contributed by atoms with Gasteiger partial charge < -0.3 is 10.6 Å². The molecule has 0 atom stereocenters. The number of hydrogen-bond donors (Lipinski definition) is 2. The largest absolute Gasteiger partial charge is 0.416 e. The third-order valence-corrected chi connectivity index (χ3v) is 6.85. The highest BCUT2D eigenvalue weighted by atomic mass is 19.4. The van der Waals surface area contributed by atoms with Gasteiger partial charge in [0, 0.05) is 21.9 Å². The lowest BCUT2D eigenvalue weighted by molar-refractivity contribution is -0.207. The van der Waals surface area contributed by atoms with Crippen LogP contribution in [0.3, 0.4) is 0 Å². The highest BCUT2D eigenvalue weighted by molar-refractivity contribution is 6.06. The summed E-state index contributed by atoms with van der Waals surface area (Å²) in [6, 6.07) is 18.4. The first kappa shape index (κ1) is 27.7. The molecule has 0 spiro atoms. The summed E-state index contributed by atoms with van der Waals surface area (Å²) in [7, 11) is 0. The number of nitrogens with zero attached hydrogens (tertiary/aromatic N) is 3. The van der Waals surface area contributed by atoms with Gasteiger partial charge in [-0.2, -0.15) is 18.2 Å². The highest BCUT2D eigenvalue weighted by Gasteiger charge is 2.31. The molecule has 0 radical (unpaired) electrons. The number of aliphatic imine (C=N–C) groups is 1. The number of amides is 2. The third kappa shape index (κ3) is 6.95. The molecular weight excluding hydrogens is 507 g/mol. The van der Waals surface area contributed by atoms with Gasteiger partial charge in [-0.05, 0) is 72.4 Å². The summed E-state index contributed by atoms with van der Waals surface area (Å²) < 4.78 is 40.0. The number of anilines is 1. The van der Waals surface area contributed by atoms with Gasteiger partial charge in [0.1, 0.15) is 0 Å². The van der Waals surface area contributed by atoms with Crippen LogP contribution in [0.1, 0.15) is 75.4 Å². The van der Waals surface area contributed by atoms with Gasteiger partial charge in [0.15, 0.2) is 0 Å². The SMILES string of the molecule is NC(N=[NH2+])=NC(=O)c1ccc(CN(C(=O)c2cccc(C(F)(F)F)c2)c2ccc(C3CCCCC3)cc2)cc1. The molecule has 0 saturated heterocycles. The Morgan fingerprint density at radius 3 is 2.21 bits per heavy atom. The molecule has 1 aliphatic carbocycles. The Bertz CT molecular complexity index is 1360. The van der Waals surface area contributed by atoms with Crippen LogP contribution in [0.4, 0.5) is 18.9 Å². The van der Waals surface area contributed by atoms with Crippen molar-refractivity contribution in [3.05, 3.63) is 101 Å². The minimum atomic E-state index is -4.58. The highest BCUT2D eigenvalue weighted by Crippen LogP contribution is 2.34. The maximum absolute atomic E-state index is 13.6. The van der Waals surface area contributed by atoms with Crippen LogP contribution in [-0.2, 0) is 12.7 Å². The maximum atomic E-state index is 13.6. The predicted molar refractivity (Wildman–Crippen MR) is 141 cm³/mol. The van der Waals surface area contributed by atoms with E-state index in [1.54, 1.807) is 12.1 Å². The fourth-order valence-corrected chi connectivity index (χ4v) is 4.76. The number of guanidine groups is 1. The summed E-state index contributed by atoms with van der Waals surface area (Å²) in [4.78, 5) is 30.8. The molecule has 4 rings (SSSR count). The zero-order chi connectivity index (χ0) is 28.0. The lowest BCUT2D eigenvalue weighted by atomic mass is 9.84. The Morgan fingerprint density at radius 1 is 0.923 bits per heavy atom. The van der Waals surface area contributed by atoms with Crippen LogP contribution in [0.15, 0.2) is 82.9 Å². The van der Waals surface area contributed by atoms with Crippen molar-refractivity contribution in [1.82, 2.24) is 0 Å². The van der Waals surface area contributed by atoms with Gasteiger partial charge >= 0.3 is 6.18 Å². The molecule has 202 valence electrons. The third-order valence-electron chi connectivity index (χ3n) is 6.85. The molecule has 0 heterocycles. The van der Waals surface area contributed by atoms with Gasteiger partial charge in [-0.3, -0.25) is 9.59 Å². The Labute approximate surface area is 224 Å². The standard InChI is InChI=1S/C29H28F3N5O2/c30-29(31,32)24-8-4-7-23(17-24)27(39)37(25-15-13-21(14-16-25)20-5-2-1-3-6-20)18-19-9-11-22(12-10-19)26(38)35-28(33)36-34/h4,7-17,20,34H,1-3,5-6,18H2,(H2,33,35,38)/p+1. The fourth-order valence-electron chi connectivity index (χ4n) is 4.76. The van der Waals surface area contributed by atoms with Crippen molar-refractivity contribution in [3.63, 3.8) is 0 Å². The zero-order valence-corrected chi connectivity index (χ0v) is 21.2. The molecule has 4 N–H and O–H groups in total. The Hall–Kier alpha value is -4.34. The summed E-state index contributed by atoms with van der Waals surface area (Å²) in [6.07, 6.45) is 1.27. The van der Waals surface area contributed by atoms with Crippen LogP contribution in [0, 0.1) is 0 Å². The van der Waals surface area contributed by atoms with Crippen molar-refractivity contribution in [2.75, 3.05) is 4.90 Å². The summed E-state index contributed by atoms with van der Waals surface area (Å²) in [6.45, 7) is 0.0653. The zero-order valence-electron chi connectivity index (χ0n) is 21.2. The van der Waals surface area contributed by atoms with E-state index >= 15 is 0 Å². The molecule has 10 heteroatoms. The monoisotopic (exact) mass is 536 g/mol. The van der Waals surface area contributed by atoms with E-state index in [9.17, 15) is 22.8 Å². The molecule has 1 aliphatic rings. The number of carbonyl (C=O) groups excluding carboxylic acids is 2. The molecule has 3 aromatic carbocycles. The van der Waals surface area contributed by atoms with E-state index in [-0.39, 0.29) is 23.6 Å². The number of carbonyl (C=O) groups is 2.